The molecule has 1 aromatic rings. The minimum atomic E-state index is -0.407. The zero-order valence-electron chi connectivity index (χ0n) is 16.0. The van der Waals surface area contributed by atoms with Crippen LogP contribution in [0.4, 0.5) is 0 Å². The van der Waals surface area contributed by atoms with E-state index < -0.39 is 6.04 Å². The van der Waals surface area contributed by atoms with E-state index in [2.05, 4.69) is 33.0 Å². The number of benzene rings is 1. The molecule has 1 aromatic carbocycles. The van der Waals surface area contributed by atoms with Crippen LogP contribution in [0.5, 0.6) is 0 Å². The topological polar surface area (TPSA) is 49.4 Å². The van der Waals surface area contributed by atoms with Crippen molar-refractivity contribution in [1.82, 2.24) is 10.2 Å². The van der Waals surface area contributed by atoms with Gasteiger partial charge in [0.1, 0.15) is 6.04 Å². The number of carbonyl (C=O) groups excluding carboxylic acids is 2. The molecule has 1 heterocycles. The van der Waals surface area contributed by atoms with E-state index >= 15 is 0 Å². The fraction of sp³-hybridized carbons (Fsp3) is 0.524. The van der Waals surface area contributed by atoms with Gasteiger partial charge in [0.15, 0.2) is 0 Å². The van der Waals surface area contributed by atoms with Gasteiger partial charge in [0, 0.05) is 23.7 Å². The van der Waals surface area contributed by atoms with Crippen LogP contribution in [0, 0.1) is 11.8 Å². The molecule has 0 spiro atoms. The van der Waals surface area contributed by atoms with Crippen LogP contribution in [-0.2, 0) is 9.59 Å². The molecule has 0 aromatic heterocycles. The Morgan fingerprint density at radius 1 is 1.27 bits per heavy atom. The maximum absolute atomic E-state index is 12.9. The number of nitrogens with zero attached hydrogens (tertiary/aromatic N) is 1. The third-order valence-corrected chi connectivity index (χ3v) is 4.68. The van der Waals surface area contributed by atoms with E-state index in [0.29, 0.717) is 29.8 Å². The first kappa shape index (κ1) is 20.5. The first-order valence-electron chi connectivity index (χ1n) is 9.31. The standard InChI is InChI=1S/C21H29ClN2O2/c1-14(2)10-18-13-24(19(11-15(3)4)21(26)23-18)20(25)9-8-16-6-5-7-17(22)12-16/h5-9,12,14-15,18-19H,10-11,13H2,1-4H3,(H,23,26)/b9-8+/t18-,19-/m0/s1. The summed E-state index contributed by atoms with van der Waals surface area (Å²) in [5, 5.41) is 3.73. The molecule has 26 heavy (non-hydrogen) atoms. The maximum atomic E-state index is 12.9. The fourth-order valence-corrected chi connectivity index (χ4v) is 3.55. The van der Waals surface area contributed by atoms with Crippen LogP contribution in [0.25, 0.3) is 6.08 Å². The molecule has 1 aliphatic heterocycles. The largest absolute Gasteiger partial charge is 0.350 e. The van der Waals surface area contributed by atoms with E-state index in [4.69, 9.17) is 11.6 Å². The van der Waals surface area contributed by atoms with Gasteiger partial charge in [-0.05, 0) is 48.4 Å². The number of halogens is 1. The van der Waals surface area contributed by atoms with Crippen LogP contribution in [0.1, 0.15) is 46.1 Å². The van der Waals surface area contributed by atoms with Crippen molar-refractivity contribution in [3.05, 3.63) is 40.9 Å². The van der Waals surface area contributed by atoms with Crippen molar-refractivity contribution >= 4 is 29.5 Å². The van der Waals surface area contributed by atoms with Crippen LogP contribution >= 0.6 is 11.6 Å². The van der Waals surface area contributed by atoms with E-state index in [0.717, 1.165) is 12.0 Å². The third kappa shape index (κ3) is 5.87. The van der Waals surface area contributed by atoms with Crippen LogP contribution in [0.3, 0.4) is 0 Å². The van der Waals surface area contributed by atoms with Gasteiger partial charge in [-0.2, -0.15) is 0 Å². The molecule has 5 heteroatoms. The zero-order chi connectivity index (χ0) is 19.3. The minimum Gasteiger partial charge on any atom is -0.350 e. The average molecular weight is 377 g/mol. The van der Waals surface area contributed by atoms with Gasteiger partial charge in [-0.25, -0.2) is 0 Å². The van der Waals surface area contributed by atoms with Gasteiger partial charge in [0.25, 0.3) is 0 Å². The summed E-state index contributed by atoms with van der Waals surface area (Å²) in [6, 6.07) is 6.95. The molecule has 4 nitrogen and oxygen atoms in total. The van der Waals surface area contributed by atoms with E-state index in [1.807, 2.05) is 12.1 Å². The smallest absolute Gasteiger partial charge is 0.247 e. The Hall–Kier alpha value is -1.81. The summed E-state index contributed by atoms with van der Waals surface area (Å²) < 4.78 is 0. The van der Waals surface area contributed by atoms with Gasteiger partial charge in [-0.1, -0.05) is 51.4 Å². The van der Waals surface area contributed by atoms with Crippen LogP contribution < -0.4 is 5.32 Å². The molecule has 0 saturated carbocycles. The zero-order valence-corrected chi connectivity index (χ0v) is 16.8. The van der Waals surface area contributed by atoms with Gasteiger partial charge in [0.2, 0.25) is 11.8 Å². The Morgan fingerprint density at radius 2 is 1.96 bits per heavy atom. The molecule has 0 radical (unpaired) electrons. The summed E-state index contributed by atoms with van der Waals surface area (Å²) in [7, 11) is 0. The molecule has 2 amide bonds. The van der Waals surface area contributed by atoms with Crippen molar-refractivity contribution in [2.24, 2.45) is 11.8 Å². The molecule has 0 unspecified atom stereocenters. The number of hydrogen-bond donors (Lipinski definition) is 1. The Morgan fingerprint density at radius 3 is 2.58 bits per heavy atom. The number of amides is 2. The minimum absolute atomic E-state index is 0.00873. The molecular weight excluding hydrogens is 348 g/mol. The lowest BCUT2D eigenvalue weighted by molar-refractivity contribution is -0.142. The van der Waals surface area contributed by atoms with Crippen molar-refractivity contribution in [2.75, 3.05) is 6.54 Å². The van der Waals surface area contributed by atoms with Crippen molar-refractivity contribution < 1.29 is 9.59 Å². The van der Waals surface area contributed by atoms with Crippen LogP contribution in [-0.4, -0.2) is 35.3 Å². The Bertz CT molecular complexity index is 670. The van der Waals surface area contributed by atoms with Crippen molar-refractivity contribution in [2.45, 2.75) is 52.6 Å². The predicted molar refractivity (Wildman–Crippen MR) is 107 cm³/mol. The summed E-state index contributed by atoms with van der Waals surface area (Å²) in [5.41, 5.74) is 0.867. The number of piperazine rings is 1. The lowest BCUT2D eigenvalue weighted by atomic mass is 9.95. The molecule has 2 atom stereocenters. The second-order valence-corrected chi connectivity index (χ2v) is 8.30. The second kappa shape index (κ2) is 9.22. The van der Waals surface area contributed by atoms with Gasteiger partial charge in [-0.15, -0.1) is 0 Å². The first-order chi connectivity index (χ1) is 12.3. The molecule has 1 N–H and O–H groups in total. The number of nitrogens with one attached hydrogen (secondary N) is 1. The highest BCUT2D eigenvalue weighted by molar-refractivity contribution is 6.30. The summed E-state index contributed by atoms with van der Waals surface area (Å²) in [6.07, 6.45) is 4.83. The van der Waals surface area contributed by atoms with Gasteiger partial charge >= 0.3 is 0 Å². The van der Waals surface area contributed by atoms with Crippen LogP contribution in [0.15, 0.2) is 30.3 Å². The highest BCUT2D eigenvalue weighted by Crippen LogP contribution is 2.20. The Kier molecular flexibility index (Phi) is 7.27. The van der Waals surface area contributed by atoms with Gasteiger partial charge < -0.3 is 10.2 Å². The summed E-state index contributed by atoms with van der Waals surface area (Å²) in [5.74, 6) is 0.625. The molecule has 142 valence electrons. The summed E-state index contributed by atoms with van der Waals surface area (Å²) >= 11 is 5.99. The number of hydrogen-bond acceptors (Lipinski definition) is 2. The van der Waals surface area contributed by atoms with Crippen LogP contribution in [0.2, 0.25) is 5.02 Å². The molecule has 1 aliphatic rings. The fourth-order valence-electron chi connectivity index (χ4n) is 3.35. The Labute approximate surface area is 161 Å². The SMILES string of the molecule is CC(C)C[C@H]1CN(C(=O)/C=C/c2cccc(Cl)c2)[C@@H](CC(C)C)C(=O)N1. The monoisotopic (exact) mass is 376 g/mol. The highest BCUT2D eigenvalue weighted by atomic mass is 35.5. The highest BCUT2D eigenvalue weighted by Gasteiger charge is 2.36. The number of carbonyl (C=O) groups is 2. The second-order valence-electron chi connectivity index (χ2n) is 7.86. The third-order valence-electron chi connectivity index (χ3n) is 4.44. The van der Waals surface area contributed by atoms with Gasteiger partial charge in [-0.3, -0.25) is 9.59 Å². The predicted octanol–water partition coefficient (Wildman–Crippen LogP) is 4.14. The van der Waals surface area contributed by atoms with Crippen molar-refractivity contribution in [1.29, 1.82) is 0 Å². The summed E-state index contributed by atoms with van der Waals surface area (Å²) in [4.78, 5) is 27.2. The molecule has 1 saturated heterocycles. The van der Waals surface area contributed by atoms with E-state index in [9.17, 15) is 9.59 Å². The maximum Gasteiger partial charge on any atom is 0.247 e. The number of rotatable bonds is 6. The molecule has 0 aliphatic carbocycles. The lowest BCUT2D eigenvalue weighted by Gasteiger charge is -2.40. The van der Waals surface area contributed by atoms with Crippen molar-refractivity contribution in [3.63, 3.8) is 0 Å². The average Bonchev–Trinajstić information content (AvgIpc) is 2.54. The van der Waals surface area contributed by atoms with E-state index in [1.54, 1.807) is 29.2 Å². The normalized spacial score (nSPS) is 20.9. The van der Waals surface area contributed by atoms with E-state index in [1.165, 1.54) is 0 Å². The van der Waals surface area contributed by atoms with E-state index in [-0.39, 0.29) is 17.9 Å². The quantitative estimate of drug-likeness (QED) is 0.758. The summed E-state index contributed by atoms with van der Waals surface area (Å²) in [6.45, 7) is 8.94. The van der Waals surface area contributed by atoms with Crippen molar-refractivity contribution in [3.8, 4) is 0 Å². The molecule has 0 bridgehead atoms. The first-order valence-corrected chi connectivity index (χ1v) is 9.68. The molecule has 1 fully saturated rings. The Balaban J connectivity index is 2.18. The molecular formula is C21H29ClN2O2. The van der Waals surface area contributed by atoms with Gasteiger partial charge in [0.05, 0.1) is 0 Å². The lowest BCUT2D eigenvalue weighted by Crippen LogP contribution is -2.61. The molecule has 2 rings (SSSR count).